The fourth-order valence-electron chi connectivity index (χ4n) is 5.02. The number of halogens is 1. The average Bonchev–Trinajstić information content (AvgIpc) is 3.50. The van der Waals surface area contributed by atoms with Gasteiger partial charge < -0.3 is 9.47 Å². The van der Waals surface area contributed by atoms with E-state index >= 15 is 0 Å². The summed E-state index contributed by atoms with van der Waals surface area (Å²) in [5, 5.41) is 11.3. The Morgan fingerprint density at radius 2 is 1.75 bits per heavy atom. The van der Waals surface area contributed by atoms with E-state index in [9.17, 15) is 4.79 Å². The van der Waals surface area contributed by atoms with E-state index in [1.807, 2.05) is 55.5 Å². The Balaban J connectivity index is 1.56. The average molecular weight is 505 g/mol. The molecule has 8 heteroatoms. The molecule has 1 aliphatic heterocycles. The fraction of sp³-hybridized carbons (Fsp3) is 0.321. The van der Waals surface area contributed by atoms with Gasteiger partial charge in [-0.05, 0) is 73.2 Å². The summed E-state index contributed by atoms with van der Waals surface area (Å²) in [6.07, 6.45) is 6.72. The molecule has 186 valence electrons. The maximum atomic E-state index is 13.8. The summed E-state index contributed by atoms with van der Waals surface area (Å²) >= 11 is 6.43. The van der Waals surface area contributed by atoms with E-state index in [4.69, 9.17) is 26.2 Å². The van der Waals surface area contributed by atoms with Crippen molar-refractivity contribution in [3.63, 3.8) is 0 Å². The Hall–Kier alpha value is -3.58. The molecule has 0 N–H and O–H groups in total. The molecule has 0 spiro atoms. The van der Waals surface area contributed by atoms with Crippen LogP contribution in [0.5, 0.6) is 11.5 Å². The van der Waals surface area contributed by atoms with Crippen LogP contribution in [0.3, 0.4) is 0 Å². The van der Waals surface area contributed by atoms with Gasteiger partial charge in [0.25, 0.3) is 5.91 Å². The van der Waals surface area contributed by atoms with E-state index in [2.05, 4.69) is 11.2 Å². The van der Waals surface area contributed by atoms with E-state index in [-0.39, 0.29) is 23.6 Å². The minimum atomic E-state index is -0.293. The summed E-state index contributed by atoms with van der Waals surface area (Å²) in [6.45, 7) is 2.58. The standard InChI is InChI=1S/C28H29ClN4O3/c1-4-32-17-24(29)26(30-32)28(34)33-27(19-10-14-22(36-3)15-11-19)23-7-5-6-20(25(23)31-33)16-18-8-12-21(35-2)13-9-18/h8-17,23,27H,4-7H2,1-3H3/b20-16+/t23-,27+/m1/s1. The molecule has 2 heterocycles. The van der Waals surface area contributed by atoms with Gasteiger partial charge in [-0.1, -0.05) is 35.9 Å². The maximum Gasteiger partial charge on any atom is 0.296 e. The zero-order valence-corrected chi connectivity index (χ0v) is 21.4. The Morgan fingerprint density at radius 3 is 2.36 bits per heavy atom. The molecule has 1 aromatic heterocycles. The van der Waals surface area contributed by atoms with E-state index in [1.54, 1.807) is 30.1 Å². The van der Waals surface area contributed by atoms with Gasteiger partial charge in [-0.15, -0.1) is 0 Å². The van der Waals surface area contributed by atoms with Gasteiger partial charge >= 0.3 is 0 Å². The number of aryl methyl sites for hydroxylation is 1. The lowest BCUT2D eigenvalue weighted by atomic mass is 9.77. The van der Waals surface area contributed by atoms with Crippen molar-refractivity contribution in [1.29, 1.82) is 0 Å². The van der Waals surface area contributed by atoms with Crippen molar-refractivity contribution < 1.29 is 14.3 Å². The molecule has 2 atom stereocenters. The van der Waals surface area contributed by atoms with Crippen molar-refractivity contribution in [1.82, 2.24) is 14.8 Å². The molecule has 2 aromatic carbocycles. The predicted octanol–water partition coefficient (Wildman–Crippen LogP) is 6.01. The fourth-order valence-corrected chi connectivity index (χ4v) is 5.25. The normalized spacial score (nSPS) is 20.3. The summed E-state index contributed by atoms with van der Waals surface area (Å²) in [6, 6.07) is 15.6. The summed E-state index contributed by atoms with van der Waals surface area (Å²) in [5.74, 6) is 1.37. The highest BCUT2D eigenvalue weighted by molar-refractivity contribution is 6.33. The highest BCUT2D eigenvalue weighted by Crippen LogP contribution is 2.45. The topological polar surface area (TPSA) is 69.0 Å². The molecule has 1 fully saturated rings. The molecule has 0 bridgehead atoms. The highest BCUT2D eigenvalue weighted by Gasteiger charge is 2.44. The SMILES string of the molecule is CCn1cc(Cl)c(C(=O)N2N=C3/C(=C/c4ccc(OC)cc4)CCC[C@H]3[C@@H]2c2ccc(OC)cc2)n1. The Bertz CT molecular complexity index is 1310. The van der Waals surface area contributed by atoms with E-state index in [0.717, 1.165) is 53.2 Å². The molecule has 0 radical (unpaired) electrons. The van der Waals surface area contributed by atoms with Crippen molar-refractivity contribution in [2.45, 2.75) is 38.8 Å². The molecule has 7 nitrogen and oxygen atoms in total. The van der Waals surface area contributed by atoms with Crippen LogP contribution in [-0.2, 0) is 6.54 Å². The second-order valence-electron chi connectivity index (χ2n) is 8.98. The maximum absolute atomic E-state index is 13.8. The van der Waals surface area contributed by atoms with Crippen LogP contribution in [0.15, 0.2) is 65.4 Å². The Morgan fingerprint density at radius 1 is 1.08 bits per heavy atom. The zero-order valence-electron chi connectivity index (χ0n) is 20.6. The van der Waals surface area contributed by atoms with Gasteiger partial charge in [0.05, 0.1) is 31.0 Å². The van der Waals surface area contributed by atoms with Crippen LogP contribution in [0.2, 0.25) is 5.02 Å². The third-order valence-corrected chi connectivity index (χ3v) is 7.14. The summed E-state index contributed by atoms with van der Waals surface area (Å²) in [7, 11) is 3.30. The molecule has 3 aromatic rings. The van der Waals surface area contributed by atoms with Gasteiger partial charge in [-0.25, -0.2) is 5.01 Å². The smallest absolute Gasteiger partial charge is 0.296 e. The molecule has 36 heavy (non-hydrogen) atoms. The van der Waals surface area contributed by atoms with Gasteiger partial charge in [0.15, 0.2) is 5.69 Å². The number of amides is 1. The summed E-state index contributed by atoms with van der Waals surface area (Å²) in [5.41, 5.74) is 4.41. The first-order valence-electron chi connectivity index (χ1n) is 12.2. The molecule has 0 saturated heterocycles. The number of ether oxygens (including phenoxy) is 2. The molecule has 2 aliphatic rings. The third-order valence-electron chi connectivity index (χ3n) is 6.87. The van der Waals surface area contributed by atoms with E-state index in [1.165, 1.54) is 0 Å². The van der Waals surface area contributed by atoms with Crippen LogP contribution >= 0.6 is 11.6 Å². The first-order chi connectivity index (χ1) is 17.5. The van der Waals surface area contributed by atoms with Crippen molar-refractivity contribution in [2.24, 2.45) is 11.0 Å². The second-order valence-corrected chi connectivity index (χ2v) is 9.38. The van der Waals surface area contributed by atoms with Crippen LogP contribution in [-0.4, -0.2) is 40.6 Å². The van der Waals surface area contributed by atoms with Gasteiger partial charge in [0.1, 0.15) is 11.5 Å². The summed E-state index contributed by atoms with van der Waals surface area (Å²) in [4.78, 5) is 13.8. The van der Waals surface area contributed by atoms with Crippen LogP contribution in [0.4, 0.5) is 0 Å². The number of carbonyl (C=O) groups is 1. The van der Waals surface area contributed by atoms with Gasteiger partial charge in [0, 0.05) is 18.7 Å². The van der Waals surface area contributed by atoms with Gasteiger partial charge in [-0.2, -0.15) is 10.2 Å². The van der Waals surface area contributed by atoms with E-state index in [0.29, 0.717) is 11.6 Å². The molecular weight excluding hydrogens is 476 g/mol. The van der Waals surface area contributed by atoms with Crippen molar-refractivity contribution in [3.8, 4) is 11.5 Å². The minimum absolute atomic E-state index is 0.0765. The first-order valence-corrected chi connectivity index (χ1v) is 12.5. The number of nitrogens with zero attached hydrogens (tertiary/aromatic N) is 4. The number of carbonyl (C=O) groups excluding carboxylic acids is 1. The predicted molar refractivity (Wildman–Crippen MR) is 141 cm³/mol. The molecule has 1 aliphatic carbocycles. The first kappa shape index (κ1) is 24.1. The van der Waals surface area contributed by atoms with Crippen LogP contribution in [0.1, 0.15) is 53.8 Å². The van der Waals surface area contributed by atoms with Crippen LogP contribution < -0.4 is 9.47 Å². The minimum Gasteiger partial charge on any atom is -0.497 e. The zero-order chi connectivity index (χ0) is 25.2. The third kappa shape index (κ3) is 4.51. The number of aromatic nitrogens is 2. The molecule has 5 rings (SSSR count). The Labute approximate surface area is 216 Å². The number of allylic oxidation sites excluding steroid dienone is 1. The van der Waals surface area contributed by atoms with Crippen molar-refractivity contribution in [2.75, 3.05) is 14.2 Å². The van der Waals surface area contributed by atoms with Gasteiger partial charge in [-0.3, -0.25) is 9.48 Å². The highest BCUT2D eigenvalue weighted by atomic mass is 35.5. The molecule has 1 amide bonds. The number of methoxy groups -OCH3 is 2. The number of rotatable bonds is 6. The lowest BCUT2D eigenvalue weighted by molar-refractivity contribution is 0.0674. The molecular formula is C28H29ClN4O3. The Kier molecular flexibility index (Phi) is 6.83. The van der Waals surface area contributed by atoms with E-state index < -0.39 is 0 Å². The second kappa shape index (κ2) is 10.2. The number of hydrogen-bond donors (Lipinski definition) is 0. The largest absolute Gasteiger partial charge is 0.497 e. The number of fused-ring (bicyclic) bond motifs is 1. The lowest BCUT2D eigenvalue weighted by Crippen LogP contribution is -2.32. The summed E-state index contributed by atoms with van der Waals surface area (Å²) < 4.78 is 12.3. The number of hydrazone groups is 1. The van der Waals surface area contributed by atoms with Gasteiger partial charge in [0.2, 0.25) is 0 Å². The van der Waals surface area contributed by atoms with Crippen molar-refractivity contribution in [3.05, 3.63) is 82.1 Å². The quantitative estimate of drug-likeness (QED) is 0.412. The molecule has 1 saturated carbocycles. The monoisotopic (exact) mass is 504 g/mol. The van der Waals surface area contributed by atoms with Crippen LogP contribution in [0, 0.1) is 5.92 Å². The molecule has 0 unspecified atom stereocenters. The lowest BCUT2D eigenvalue weighted by Gasteiger charge is -2.29. The number of hydrogen-bond acceptors (Lipinski definition) is 5. The number of benzene rings is 2. The van der Waals surface area contributed by atoms with Crippen LogP contribution in [0.25, 0.3) is 6.08 Å². The van der Waals surface area contributed by atoms with Crippen molar-refractivity contribution >= 4 is 29.3 Å².